The zero-order valence-corrected chi connectivity index (χ0v) is 23.5. The Labute approximate surface area is 231 Å². The molecule has 1 saturated heterocycles. The molecule has 3 aliphatic rings. The number of hydrogen-bond acceptors (Lipinski definition) is 8. The molecule has 1 aliphatic heterocycles. The van der Waals surface area contributed by atoms with Crippen molar-refractivity contribution in [3.63, 3.8) is 0 Å². The second kappa shape index (κ2) is 10.2. The van der Waals surface area contributed by atoms with E-state index in [1.807, 2.05) is 44.5 Å². The predicted octanol–water partition coefficient (Wildman–Crippen LogP) is 5.00. The van der Waals surface area contributed by atoms with Gasteiger partial charge in [-0.3, -0.25) is 14.1 Å². The number of aromatic nitrogens is 3. The molecule has 4 heterocycles. The van der Waals surface area contributed by atoms with Crippen LogP contribution in [0.4, 0.5) is 21.0 Å². The highest BCUT2D eigenvalue weighted by molar-refractivity contribution is 7.14. The summed E-state index contributed by atoms with van der Waals surface area (Å²) in [5, 5.41) is 2.88. The van der Waals surface area contributed by atoms with Crippen molar-refractivity contribution in [3.8, 4) is 0 Å². The maximum atomic E-state index is 13.7. The molecule has 39 heavy (non-hydrogen) atoms. The number of carbonyl (C=O) groups is 1. The zero-order valence-electron chi connectivity index (χ0n) is 22.7. The molecule has 0 N–H and O–H groups in total. The van der Waals surface area contributed by atoms with Crippen LogP contribution in [0.3, 0.4) is 0 Å². The first-order chi connectivity index (χ1) is 18.9. The molecular formula is C29H33FN6O2S. The van der Waals surface area contributed by atoms with Crippen molar-refractivity contribution in [3.05, 3.63) is 64.7 Å². The van der Waals surface area contributed by atoms with Crippen molar-refractivity contribution >= 4 is 45.2 Å². The SMILES string of the molecule is CCOC(=O)C(C)N1CCN(c2ccc3nc(CC)c(N(C)c4nc(C5=CC6=C(F)C6C=C5)cs4)n3c2)CC1. The minimum absolute atomic E-state index is 0.0298. The largest absolute Gasteiger partial charge is 0.465 e. The van der Waals surface area contributed by atoms with Crippen LogP contribution in [0, 0.1) is 5.92 Å². The van der Waals surface area contributed by atoms with E-state index >= 15 is 0 Å². The molecule has 3 aromatic heterocycles. The number of carbonyl (C=O) groups excluding carboxylic acids is 1. The summed E-state index contributed by atoms with van der Waals surface area (Å²) in [4.78, 5) is 28.6. The Morgan fingerprint density at radius 3 is 2.74 bits per heavy atom. The number of fused-ring (bicyclic) bond motifs is 2. The summed E-state index contributed by atoms with van der Waals surface area (Å²) < 4.78 is 21.1. The molecule has 10 heteroatoms. The Morgan fingerprint density at radius 2 is 2.03 bits per heavy atom. The summed E-state index contributed by atoms with van der Waals surface area (Å²) in [6, 6.07) is 3.96. The lowest BCUT2D eigenvalue weighted by Gasteiger charge is -2.38. The minimum atomic E-state index is -0.236. The molecule has 0 saturated carbocycles. The molecule has 2 atom stereocenters. The lowest BCUT2D eigenvalue weighted by atomic mass is 10.1. The van der Waals surface area contributed by atoms with Gasteiger partial charge in [-0.05, 0) is 44.1 Å². The second-order valence-corrected chi connectivity index (χ2v) is 11.0. The van der Waals surface area contributed by atoms with E-state index in [9.17, 15) is 9.18 Å². The van der Waals surface area contributed by atoms with Crippen LogP contribution in [0.1, 0.15) is 32.2 Å². The van der Waals surface area contributed by atoms with Crippen molar-refractivity contribution in [2.24, 2.45) is 5.92 Å². The quantitative estimate of drug-likeness (QED) is 0.367. The molecule has 2 aliphatic carbocycles. The maximum Gasteiger partial charge on any atom is 0.323 e. The smallest absolute Gasteiger partial charge is 0.323 e. The number of anilines is 3. The Bertz CT molecular complexity index is 1510. The van der Waals surface area contributed by atoms with E-state index < -0.39 is 0 Å². The van der Waals surface area contributed by atoms with Crippen molar-refractivity contribution in [1.82, 2.24) is 19.3 Å². The molecule has 2 unspecified atom stereocenters. The summed E-state index contributed by atoms with van der Waals surface area (Å²) in [6.07, 6.45) is 8.72. The standard InChI is InChI=1S/C29H33FN6O2S/c1-5-23-27(33(4)29-32-24(17-39-29)19-7-9-21-22(15-19)26(21)30)36-16-20(8-10-25(36)31-23)35-13-11-34(12-14-35)18(3)28(37)38-6-2/h7-10,15-18,21H,5-6,11-14H2,1-4H3. The van der Waals surface area contributed by atoms with Gasteiger partial charge in [-0.2, -0.15) is 0 Å². The first kappa shape index (κ1) is 25.8. The normalized spacial score (nSPS) is 19.8. The van der Waals surface area contributed by atoms with Gasteiger partial charge in [0.2, 0.25) is 0 Å². The second-order valence-electron chi connectivity index (χ2n) is 10.1. The van der Waals surface area contributed by atoms with Gasteiger partial charge < -0.3 is 14.5 Å². The molecule has 8 nitrogen and oxygen atoms in total. The highest BCUT2D eigenvalue weighted by atomic mass is 32.1. The molecule has 1 fully saturated rings. The molecular weight excluding hydrogens is 515 g/mol. The third kappa shape index (κ3) is 4.65. The van der Waals surface area contributed by atoms with Gasteiger partial charge in [0, 0.05) is 50.4 Å². The van der Waals surface area contributed by atoms with Crippen molar-refractivity contribution in [2.45, 2.75) is 33.2 Å². The van der Waals surface area contributed by atoms with E-state index in [0.29, 0.717) is 6.61 Å². The number of piperazine rings is 1. The van der Waals surface area contributed by atoms with Gasteiger partial charge in [0.1, 0.15) is 23.3 Å². The number of aryl methyl sites for hydroxylation is 1. The van der Waals surface area contributed by atoms with Crippen LogP contribution in [-0.2, 0) is 16.0 Å². The molecule has 0 bridgehead atoms. The summed E-state index contributed by atoms with van der Waals surface area (Å²) in [6.45, 7) is 9.52. The number of ether oxygens (including phenoxy) is 1. The molecule has 0 radical (unpaired) electrons. The summed E-state index contributed by atoms with van der Waals surface area (Å²) in [5.74, 6) is 0.692. The number of halogens is 1. The van der Waals surface area contributed by atoms with Crippen LogP contribution >= 0.6 is 11.3 Å². The number of pyridine rings is 1. The third-order valence-corrected chi connectivity index (χ3v) is 8.73. The van der Waals surface area contributed by atoms with Gasteiger partial charge in [-0.15, -0.1) is 11.3 Å². The van der Waals surface area contributed by atoms with Crippen molar-refractivity contribution in [2.75, 3.05) is 49.6 Å². The number of allylic oxidation sites excluding steroid dienone is 6. The average Bonchev–Trinajstić information content (AvgIpc) is 3.29. The highest BCUT2D eigenvalue weighted by Gasteiger charge is 2.36. The minimum Gasteiger partial charge on any atom is -0.465 e. The van der Waals surface area contributed by atoms with Crippen molar-refractivity contribution in [1.29, 1.82) is 0 Å². The predicted molar refractivity (Wildman–Crippen MR) is 153 cm³/mol. The van der Waals surface area contributed by atoms with E-state index in [1.165, 1.54) is 0 Å². The van der Waals surface area contributed by atoms with Crippen LogP contribution in [0.15, 0.2) is 53.3 Å². The molecule has 204 valence electrons. The van der Waals surface area contributed by atoms with E-state index in [2.05, 4.69) is 44.4 Å². The summed E-state index contributed by atoms with van der Waals surface area (Å²) in [5.41, 5.74) is 5.58. The number of nitrogens with zero attached hydrogens (tertiary/aromatic N) is 6. The Kier molecular flexibility index (Phi) is 6.76. The summed E-state index contributed by atoms with van der Waals surface area (Å²) >= 11 is 1.57. The Balaban J connectivity index is 1.24. The van der Waals surface area contributed by atoms with Crippen LogP contribution in [-0.4, -0.2) is 71.1 Å². The van der Waals surface area contributed by atoms with Crippen LogP contribution in [0.2, 0.25) is 0 Å². The lowest BCUT2D eigenvalue weighted by Crippen LogP contribution is -2.52. The Hall–Kier alpha value is -3.50. The monoisotopic (exact) mass is 548 g/mol. The fourth-order valence-electron chi connectivity index (χ4n) is 5.42. The molecule has 0 amide bonds. The number of rotatable bonds is 8. The zero-order chi connectivity index (χ0) is 27.3. The summed E-state index contributed by atoms with van der Waals surface area (Å²) in [7, 11) is 2.03. The topological polar surface area (TPSA) is 66.2 Å². The van der Waals surface area contributed by atoms with E-state index in [-0.39, 0.29) is 23.8 Å². The number of imidazole rings is 1. The fourth-order valence-corrected chi connectivity index (χ4v) is 6.22. The van der Waals surface area contributed by atoms with E-state index in [0.717, 1.165) is 77.4 Å². The molecule has 0 spiro atoms. The van der Waals surface area contributed by atoms with Gasteiger partial charge in [-0.25, -0.2) is 14.4 Å². The fraction of sp³-hybridized carbons (Fsp3) is 0.414. The van der Waals surface area contributed by atoms with Gasteiger partial charge in [0.25, 0.3) is 0 Å². The molecule has 0 aromatic carbocycles. The first-order valence-corrected chi connectivity index (χ1v) is 14.4. The van der Waals surface area contributed by atoms with Crippen LogP contribution in [0.25, 0.3) is 11.2 Å². The maximum absolute atomic E-state index is 13.7. The van der Waals surface area contributed by atoms with Crippen LogP contribution < -0.4 is 9.80 Å². The number of thiazole rings is 1. The van der Waals surface area contributed by atoms with Gasteiger partial charge >= 0.3 is 5.97 Å². The number of hydrogen-bond donors (Lipinski definition) is 0. The van der Waals surface area contributed by atoms with Crippen molar-refractivity contribution < 1.29 is 13.9 Å². The van der Waals surface area contributed by atoms with E-state index in [1.54, 1.807) is 11.3 Å². The average molecular weight is 549 g/mol. The lowest BCUT2D eigenvalue weighted by molar-refractivity contribution is -0.149. The molecule has 3 aromatic rings. The Morgan fingerprint density at radius 1 is 1.23 bits per heavy atom. The highest BCUT2D eigenvalue weighted by Crippen LogP contribution is 2.47. The first-order valence-electron chi connectivity index (χ1n) is 13.5. The van der Waals surface area contributed by atoms with Crippen LogP contribution in [0.5, 0.6) is 0 Å². The third-order valence-electron chi connectivity index (χ3n) is 7.81. The molecule has 6 rings (SSSR count). The number of esters is 1. The van der Waals surface area contributed by atoms with E-state index in [4.69, 9.17) is 14.7 Å². The van der Waals surface area contributed by atoms with Gasteiger partial charge in [0.05, 0.1) is 29.6 Å². The van der Waals surface area contributed by atoms with Gasteiger partial charge in [0.15, 0.2) is 5.13 Å². The van der Waals surface area contributed by atoms with Gasteiger partial charge in [-0.1, -0.05) is 19.1 Å².